The highest BCUT2D eigenvalue weighted by Gasteiger charge is 2.07. The number of alkyl halides is 1. The first kappa shape index (κ1) is 15.9. The van der Waals surface area contributed by atoms with Crippen molar-refractivity contribution >= 4 is 38.9 Å². The van der Waals surface area contributed by atoms with E-state index in [0.717, 1.165) is 27.5 Å². The summed E-state index contributed by atoms with van der Waals surface area (Å²) in [5.74, 6) is 0.00893. The minimum Gasteiger partial charge on any atom is -0.326 e. The number of carbonyl (C=O) groups excluding carboxylic acids is 1. The van der Waals surface area contributed by atoms with E-state index in [2.05, 4.69) is 38.8 Å². The van der Waals surface area contributed by atoms with Crippen LogP contribution in [0.3, 0.4) is 0 Å². The standard InChI is InChI=1S/C18H15BrN2OS/c19-11-10-17(22)20-15-8-6-13(7-9-15)16-12-23-18(21-16)14-4-2-1-3-5-14/h1-9,12H,10-11H2,(H,20,22). The molecule has 0 saturated heterocycles. The smallest absolute Gasteiger partial charge is 0.225 e. The average Bonchev–Trinajstić information content (AvgIpc) is 3.07. The maximum absolute atomic E-state index is 11.6. The van der Waals surface area contributed by atoms with Crippen LogP contribution >= 0.6 is 27.3 Å². The van der Waals surface area contributed by atoms with E-state index in [1.807, 2.05) is 42.5 Å². The molecule has 0 saturated carbocycles. The van der Waals surface area contributed by atoms with Crippen molar-refractivity contribution in [1.29, 1.82) is 0 Å². The van der Waals surface area contributed by atoms with Gasteiger partial charge in [-0.1, -0.05) is 58.4 Å². The molecule has 3 nitrogen and oxygen atoms in total. The maximum Gasteiger partial charge on any atom is 0.225 e. The monoisotopic (exact) mass is 386 g/mol. The minimum atomic E-state index is 0.00893. The lowest BCUT2D eigenvalue weighted by molar-refractivity contribution is -0.115. The van der Waals surface area contributed by atoms with Crippen LogP contribution in [-0.4, -0.2) is 16.2 Å². The van der Waals surface area contributed by atoms with Gasteiger partial charge in [-0.2, -0.15) is 0 Å². The lowest BCUT2D eigenvalue weighted by atomic mass is 10.1. The van der Waals surface area contributed by atoms with Crippen molar-refractivity contribution in [1.82, 2.24) is 4.98 Å². The predicted molar refractivity (Wildman–Crippen MR) is 100 cm³/mol. The maximum atomic E-state index is 11.6. The van der Waals surface area contributed by atoms with Gasteiger partial charge < -0.3 is 5.32 Å². The molecule has 1 N–H and O–H groups in total. The van der Waals surface area contributed by atoms with E-state index < -0.39 is 0 Å². The van der Waals surface area contributed by atoms with Gasteiger partial charge in [0.05, 0.1) is 5.69 Å². The second kappa shape index (κ2) is 7.53. The van der Waals surface area contributed by atoms with E-state index in [1.54, 1.807) is 11.3 Å². The van der Waals surface area contributed by atoms with Crippen LogP contribution in [0.1, 0.15) is 6.42 Å². The molecule has 3 rings (SSSR count). The summed E-state index contributed by atoms with van der Waals surface area (Å²) >= 11 is 4.89. The SMILES string of the molecule is O=C(CCBr)Nc1ccc(-c2csc(-c3ccccc3)n2)cc1. The number of aromatic nitrogens is 1. The third kappa shape index (κ3) is 4.06. The summed E-state index contributed by atoms with van der Waals surface area (Å²) in [6.07, 6.45) is 0.467. The second-order valence-corrected chi connectivity index (χ2v) is 6.62. The summed E-state index contributed by atoms with van der Waals surface area (Å²) in [4.78, 5) is 16.3. The molecule has 0 radical (unpaired) electrons. The normalized spacial score (nSPS) is 10.5. The Hall–Kier alpha value is -1.98. The van der Waals surface area contributed by atoms with Crippen molar-refractivity contribution in [3.05, 3.63) is 60.0 Å². The highest BCUT2D eigenvalue weighted by Crippen LogP contribution is 2.29. The van der Waals surface area contributed by atoms with E-state index in [9.17, 15) is 4.79 Å². The largest absolute Gasteiger partial charge is 0.326 e. The molecule has 0 atom stereocenters. The van der Waals surface area contributed by atoms with Crippen molar-refractivity contribution in [2.24, 2.45) is 0 Å². The van der Waals surface area contributed by atoms with Gasteiger partial charge in [-0.3, -0.25) is 4.79 Å². The molecule has 0 spiro atoms. The van der Waals surface area contributed by atoms with E-state index in [1.165, 1.54) is 0 Å². The van der Waals surface area contributed by atoms with Gasteiger partial charge in [0.1, 0.15) is 5.01 Å². The van der Waals surface area contributed by atoms with Gasteiger partial charge in [0.15, 0.2) is 0 Å². The fourth-order valence-corrected chi connectivity index (χ4v) is 3.35. The molecule has 1 heterocycles. The summed E-state index contributed by atoms with van der Waals surface area (Å²) in [5, 5.41) is 6.60. The van der Waals surface area contributed by atoms with E-state index in [-0.39, 0.29) is 5.91 Å². The van der Waals surface area contributed by atoms with E-state index in [4.69, 9.17) is 4.98 Å². The number of nitrogens with zero attached hydrogens (tertiary/aromatic N) is 1. The zero-order valence-corrected chi connectivity index (χ0v) is 14.7. The van der Waals surface area contributed by atoms with Gasteiger partial charge in [-0.05, 0) is 12.1 Å². The van der Waals surface area contributed by atoms with Crippen LogP contribution in [0.2, 0.25) is 0 Å². The number of halogens is 1. The number of amides is 1. The second-order valence-electron chi connectivity index (χ2n) is 4.97. The molecule has 1 aromatic heterocycles. The zero-order valence-electron chi connectivity index (χ0n) is 12.3. The number of rotatable bonds is 5. The van der Waals surface area contributed by atoms with Crippen LogP contribution in [0.25, 0.3) is 21.8 Å². The Labute approximate surface area is 147 Å². The first-order valence-corrected chi connectivity index (χ1v) is 9.23. The van der Waals surface area contributed by atoms with Gasteiger partial charge in [0.25, 0.3) is 0 Å². The third-order valence-corrected chi connectivity index (χ3v) is 4.60. The summed E-state index contributed by atoms with van der Waals surface area (Å²) in [6.45, 7) is 0. The van der Waals surface area contributed by atoms with Crippen molar-refractivity contribution in [3.8, 4) is 21.8 Å². The number of thiazole rings is 1. The molecule has 0 fully saturated rings. The van der Waals surface area contributed by atoms with Crippen molar-refractivity contribution in [3.63, 3.8) is 0 Å². The number of hydrogen-bond acceptors (Lipinski definition) is 3. The fourth-order valence-electron chi connectivity index (χ4n) is 2.15. The fraction of sp³-hybridized carbons (Fsp3) is 0.111. The number of hydrogen-bond donors (Lipinski definition) is 1. The highest BCUT2D eigenvalue weighted by molar-refractivity contribution is 9.09. The summed E-state index contributed by atoms with van der Waals surface area (Å²) in [5.41, 5.74) is 3.93. The van der Waals surface area contributed by atoms with Crippen LogP contribution in [0.15, 0.2) is 60.0 Å². The minimum absolute atomic E-state index is 0.00893. The first-order chi connectivity index (χ1) is 11.3. The molecular formula is C18H15BrN2OS. The van der Waals surface area contributed by atoms with Crippen LogP contribution < -0.4 is 5.32 Å². The lowest BCUT2D eigenvalue weighted by Gasteiger charge is -2.04. The van der Waals surface area contributed by atoms with Gasteiger partial charge in [-0.15, -0.1) is 11.3 Å². The molecule has 3 aromatic rings. The summed E-state index contributed by atoms with van der Waals surface area (Å²) in [6, 6.07) is 17.9. The molecule has 2 aromatic carbocycles. The molecular weight excluding hydrogens is 372 g/mol. The number of anilines is 1. The number of benzene rings is 2. The molecule has 116 valence electrons. The molecule has 0 bridgehead atoms. The van der Waals surface area contributed by atoms with Crippen molar-refractivity contribution < 1.29 is 4.79 Å². The Bertz CT molecular complexity index is 784. The molecule has 1 amide bonds. The Morgan fingerprint density at radius 2 is 1.78 bits per heavy atom. The van der Waals surface area contributed by atoms with Crippen LogP contribution in [0, 0.1) is 0 Å². The summed E-state index contributed by atoms with van der Waals surface area (Å²) < 4.78 is 0. The van der Waals surface area contributed by atoms with Crippen molar-refractivity contribution in [2.45, 2.75) is 6.42 Å². The zero-order chi connectivity index (χ0) is 16.1. The van der Waals surface area contributed by atoms with Crippen LogP contribution in [0.4, 0.5) is 5.69 Å². The van der Waals surface area contributed by atoms with Crippen LogP contribution in [0.5, 0.6) is 0 Å². The molecule has 23 heavy (non-hydrogen) atoms. The molecule has 0 aliphatic heterocycles. The van der Waals surface area contributed by atoms with E-state index in [0.29, 0.717) is 11.8 Å². The van der Waals surface area contributed by atoms with Crippen molar-refractivity contribution in [2.75, 3.05) is 10.6 Å². The Kier molecular flexibility index (Phi) is 5.20. The number of carbonyl (C=O) groups is 1. The van der Waals surface area contributed by atoms with Crippen LogP contribution in [-0.2, 0) is 4.79 Å². The summed E-state index contributed by atoms with van der Waals surface area (Å²) in [7, 11) is 0. The van der Waals surface area contributed by atoms with Gasteiger partial charge in [0.2, 0.25) is 5.91 Å². The average molecular weight is 387 g/mol. The lowest BCUT2D eigenvalue weighted by Crippen LogP contribution is -2.11. The molecule has 0 unspecified atom stereocenters. The van der Waals surface area contributed by atoms with Gasteiger partial charge in [-0.25, -0.2) is 4.98 Å². The third-order valence-electron chi connectivity index (χ3n) is 3.31. The molecule has 0 aliphatic rings. The van der Waals surface area contributed by atoms with Gasteiger partial charge in [0, 0.05) is 33.9 Å². The Morgan fingerprint density at radius 3 is 2.48 bits per heavy atom. The predicted octanol–water partition coefficient (Wildman–Crippen LogP) is 5.20. The molecule has 5 heteroatoms. The topological polar surface area (TPSA) is 42.0 Å². The quantitative estimate of drug-likeness (QED) is 0.612. The Morgan fingerprint density at radius 1 is 1.04 bits per heavy atom. The van der Waals surface area contributed by atoms with Gasteiger partial charge >= 0.3 is 0 Å². The highest BCUT2D eigenvalue weighted by atomic mass is 79.9. The number of nitrogens with one attached hydrogen (secondary N) is 1. The Balaban J connectivity index is 1.75. The van der Waals surface area contributed by atoms with E-state index >= 15 is 0 Å². The first-order valence-electron chi connectivity index (χ1n) is 7.23. The molecule has 0 aliphatic carbocycles.